The standard InChI is InChI=1S/C17H20N6OS/c1-25-17-20-7-13(8-21-17)15(24)23-10-12-3-4-14(23)11-22(9-12)16-18-5-2-6-19-16/h2,5-8,12,14H,3-4,9-11H2,1H3/t12-,14+/m1/s1. The first kappa shape index (κ1) is 16.3. The molecule has 3 aliphatic rings. The molecular weight excluding hydrogens is 336 g/mol. The van der Waals surface area contributed by atoms with E-state index in [0.29, 0.717) is 16.6 Å². The van der Waals surface area contributed by atoms with E-state index in [-0.39, 0.29) is 11.9 Å². The minimum Gasteiger partial charge on any atom is -0.338 e. The van der Waals surface area contributed by atoms with Crippen LogP contribution in [0.5, 0.6) is 0 Å². The Kier molecular flexibility index (Phi) is 4.52. The predicted octanol–water partition coefficient (Wildman–Crippen LogP) is 1.73. The van der Waals surface area contributed by atoms with Gasteiger partial charge in [-0.25, -0.2) is 19.9 Å². The highest BCUT2D eigenvalue weighted by Gasteiger charge is 2.38. The van der Waals surface area contributed by atoms with Gasteiger partial charge in [-0.1, -0.05) is 11.8 Å². The third-order valence-electron chi connectivity index (χ3n) is 4.87. The maximum Gasteiger partial charge on any atom is 0.257 e. The monoisotopic (exact) mass is 356 g/mol. The molecule has 0 aliphatic carbocycles. The Morgan fingerprint density at radius 1 is 1.08 bits per heavy atom. The predicted molar refractivity (Wildman–Crippen MR) is 95.6 cm³/mol. The van der Waals surface area contributed by atoms with Crippen molar-refractivity contribution in [2.24, 2.45) is 5.92 Å². The van der Waals surface area contributed by atoms with Crippen molar-refractivity contribution < 1.29 is 4.79 Å². The summed E-state index contributed by atoms with van der Waals surface area (Å²) in [6, 6.07) is 2.00. The lowest BCUT2D eigenvalue weighted by Crippen LogP contribution is -2.47. The van der Waals surface area contributed by atoms with Gasteiger partial charge < -0.3 is 9.80 Å². The first-order chi connectivity index (χ1) is 12.2. The Morgan fingerprint density at radius 2 is 1.84 bits per heavy atom. The summed E-state index contributed by atoms with van der Waals surface area (Å²) in [4.78, 5) is 34.4. The molecule has 25 heavy (non-hydrogen) atoms. The highest BCUT2D eigenvalue weighted by molar-refractivity contribution is 7.98. The van der Waals surface area contributed by atoms with E-state index in [1.165, 1.54) is 11.8 Å². The van der Waals surface area contributed by atoms with E-state index in [1.54, 1.807) is 24.8 Å². The molecule has 3 aliphatic heterocycles. The Labute approximate surface area is 150 Å². The summed E-state index contributed by atoms with van der Waals surface area (Å²) in [6.07, 6.45) is 10.9. The SMILES string of the molecule is CSc1ncc(C(=O)N2C[C@@H]3CC[C@H]2CN(c2ncccn2)C3)cn1. The second-order valence-electron chi connectivity index (χ2n) is 6.47. The Bertz CT molecular complexity index is 741. The molecule has 2 aromatic heterocycles. The fourth-order valence-corrected chi connectivity index (χ4v) is 3.96. The van der Waals surface area contributed by atoms with Gasteiger partial charge in [-0.05, 0) is 31.1 Å². The summed E-state index contributed by atoms with van der Waals surface area (Å²) in [5.41, 5.74) is 0.563. The summed E-state index contributed by atoms with van der Waals surface area (Å²) in [6.45, 7) is 2.44. The Morgan fingerprint density at radius 3 is 2.56 bits per heavy atom. The number of thioether (sulfide) groups is 1. The molecule has 7 nitrogen and oxygen atoms in total. The van der Waals surface area contributed by atoms with Crippen molar-refractivity contribution in [1.29, 1.82) is 0 Å². The number of amides is 1. The van der Waals surface area contributed by atoms with Gasteiger partial charge in [0, 0.05) is 50.5 Å². The number of carbonyl (C=O) groups is 1. The van der Waals surface area contributed by atoms with Crippen LogP contribution >= 0.6 is 11.8 Å². The molecule has 3 saturated heterocycles. The van der Waals surface area contributed by atoms with Crippen molar-refractivity contribution in [2.75, 3.05) is 30.8 Å². The average Bonchev–Trinajstić information content (AvgIpc) is 3.00. The van der Waals surface area contributed by atoms with Crippen LogP contribution in [0.4, 0.5) is 5.95 Å². The smallest absolute Gasteiger partial charge is 0.257 e. The average molecular weight is 356 g/mol. The van der Waals surface area contributed by atoms with Crippen molar-refractivity contribution in [3.8, 4) is 0 Å². The molecule has 2 bridgehead atoms. The zero-order valence-corrected chi connectivity index (χ0v) is 14.9. The quantitative estimate of drug-likeness (QED) is 0.612. The molecule has 0 unspecified atom stereocenters. The van der Waals surface area contributed by atoms with Crippen LogP contribution < -0.4 is 4.90 Å². The van der Waals surface area contributed by atoms with Gasteiger partial charge >= 0.3 is 0 Å². The fourth-order valence-electron chi connectivity index (χ4n) is 3.65. The number of hydrogen-bond acceptors (Lipinski definition) is 7. The molecule has 5 rings (SSSR count). The van der Waals surface area contributed by atoms with Crippen LogP contribution in [0, 0.1) is 5.92 Å². The van der Waals surface area contributed by atoms with Crippen LogP contribution in [-0.2, 0) is 0 Å². The number of piperidine rings is 1. The lowest BCUT2D eigenvalue weighted by molar-refractivity contribution is 0.0591. The van der Waals surface area contributed by atoms with Gasteiger partial charge in [0.25, 0.3) is 5.91 Å². The molecule has 0 N–H and O–H groups in total. The molecule has 130 valence electrons. The second-order valence-corrected chi connectivity index (χ2v) is 7.24. The molecule has 1 amide bonds. The van der Waals surface area contributed by atoms with E-state index in [9.17, 15) is 4.79 Å². The molecule has 2 atom stereocenters. The molecule has 0 radical (unpaired) electrons. The van der Waals surface area contributed by atoms with E-state index >= 15 is 0 Å². The third-order valence-corrected chi connectivity index (χ3v) is 5.44. The van der Waals surface area contributed by atoms with Crippen LogP contribution in [0.3, 0.4) is 0 Å². The van der Waals surface area contributed by atoms with E-state index in [1.807, 2.05) is 17.2 Å². The van der Waals surface area contributed by atoms with Gasteiger partial charge in [0.1, 0.15) is 0 Å². The molecule has 3 fully saturated rings. The number of aromatic nitrogens is 4. The summed E-state index contributed by atoms with van der Waals surface area (Å²) < 4.78 is 0. The van der Waals surface area contributed by atoms with Crippen molar-refractivity contribution in [2.45, 2.75) is 24.0 Å². The Hall–Kier alpha value is -2.22. The van der Waals surface area contributed by atoms with E-state index < -0.39 is 0 Å². The topological polar surface area (TPSA) is 75.1 Å². The molecule has 0 saturated carbocycles. The first-order valence-electron chi connectivity index (χ1n) is 8.43. The lowest BCUT2D eigenvalue weighted by atomic mass is 9.94. The molecule has 0 spiro atoms. The van der Waals surface area contributed by atoms with E-state index in [2.05, 4.69) is 24.8 Å². The minimum atomic E-state index is 0.0261. The van der Waals surface area contributed by atoms with Gasteiger partial charge in [0.2, 0.25) is 5.95 Å². The number of rotatable bonds is 3. The fraction of sp³-hybridized carbons (Fsp3) is 0.471. The summed E-state index contributed by atoms with van der Waals surface area (Å²) >= 11 is 1.47. The molecule has 8 heteroatoms. The van der Waals surface area contributed by atoms with Crippen LogP contribution in [0.2, 0.25) is 0 Å². The van der Waals surface area contributed by atoms with Gasteiger partial charge in [-0.2, -0.15) is 0 Å². The highest BCUT2D eigenvalue weighted by atomic mass is 32.2. The Balaban J connectivity index is 1.54. The number of anilines is 1. The molecular formula is C17H20N6OS. The maximum absolute atomic E-state index is 13.0. The second kappa shape index (κ2) is 6.95. The first-order valence-corrected chi connectivity index (χ1v) is 9.66. The number of nitrogens with zero attached hydrogens (tertiary/aromatic N) is 6. The minimum absolute atomic E-state index is 0.0261. The van der Waals surface area contributed by atoms with E-state index in [4.69, 9.17) is 0 Å². The summed E-state index contributed by atoms with van der Waals surface area (Å²) in [5.74, 6) is 1.22. The zero-order chi connectivity index (χ0) is 17.2. The van der Waals surface area contributed by atoms with Crippen LogP contribution in [-0.4, -0.2) is 62.7 Å². The lowest BCUT2D eigenvalue weighted by Gasteiger charge is -2.36. The van der Waals surface area contributed by atoms with Crippen molar-refractivity contribution >= 4 is 23.6 Å². The zero-order valence-electron chi connectivity index (χ0n) is 14.1. The van der Waals surface area contributed by atoms with Crippen LogP contribution in [0.15, 0.2) is 36.0 Å². The number of carbonyl (C=O) groups excluding carboxylic acids is 1. The van der Waals surface area contributed by atoms with E-state index in [0.717, 1.165) is 38.4 Å². The van der Waals surface area contributed by atoms with Crippen LogP contribution in [0.25, 0.3) is 0 Å². The van der Waals surface area contributed by atoms with Gasteiger partial charge in [0.15, 0.2) is 5.16 Å². The largest absolute Gasteiger partial charge is 0.338 e. The number of hydrogen-bond donors (Lipinski definition) is 0. The third kappa shape index (κ3) is 3.30. The molecule has 5 heterocycles. The van der Waals surface area contributed by atoms with Gasteiger partial charge in [-0.15, -0.1) is 0 Å². The normalized spacial score (nSPS) is 22.8. The van der Waals surface area contributed by atoms with Crippen molar-refractivity contribution in [1.82, 2.24) is 24.8 Å². The summed E-state index contributed by atoms with van der Waals surface area (Å²) in [5, 5.41) is 0.682. The van der Waals surface area contributed by atoms with Gasteiger partial charge in [-0.3, -0.25) is 4.79 Å². The van der Waals surface area contributed by atoms with Crippen molar-refractivity contribution in [3.63, 3.8) is 0 Å². The molecule has 2 aromatic rings. The van der Waals surface area contributed by atoms with Crippen molar-refractivity contribution in [3.05, 3.63) is 36.4 Å². The van der Waals surface area contributed by atoms with Gasteiger partial charge in [0.05, 0.1) is 5.56 Å². The molecule has 0 aromatic carbocycles. The summed E-state index contributed by atoms with van der Waals surface area (Å²) in [7, 11) is 0. The number of fused-ring (bicyclic) bond motifs is 4. The maximum atomic E-state index is 13.0. The highest BCUT2D eigenvalue weighted by Crippen LogP contribution is 2.30. The van der Waals surface area contributed by atoms with Crippen LogP contribution in [0.1, 0.15) is 23.2 Å².